The van der Waals surface area contributed by atoms with Crippen molar-refractivity contribution in [2.45, 2.75) is 13.8 Å². The molecule has 1 aromatic rings. The third kappa shape index (κ3) is 1.93. The van der Waals surface area contributed by atoms with Crippen molar-refractivity contribution in [1.82, 2.24) is 10.1 Å². The first-order chi connectivity index (χ1) is 6.57. The third-order valence-corrected chi connectivity index (χ3v) is 2.03. The number of nitrogens with zero attached hydrogens (tertiary/aromatic N) is 2. The van der Waals surface area contributed by atoms with Gasteiger partial charge in [-0.2, -0.15) is 0 Å². The van der Waals surface area contributed by atoms with Gasteiger partial charge in [0.2, 0.25) is 0 Å². The molecule has 5 nitrogen and oxygen atoms in total. The minimum absolute atomic E-state index is 0.0500. The second kappa shape index (κ2) is 4.23. The van der Waals surface area contributed by atoms with E-state index < -0.39 is 0 Å². The van der Waals surface area contributed by atoms with E-state index in [0.29, 0.717) is 23.6 Å². The van der Waals surface area contributed by atoms with Crippen molar-refractivity contribution < 1.29 is 14.4 Å². The number of rotatable bonds is 3. The zero-order valence-corrected chi connectivity index (χ0v) is 8.57. The molecule has 14 heavy (non-hydrogen) atoms. The van der Waals surface area contributed by atoms with Crippen molar-refractivity contribution >= 4 is 5.91 Å². The van der Waals surface area contributed by atoms with Gasteiger partial charge in [0.05, 0.1) is 12.3 Å². The molecule has 5 heteroatoms. The van der Waals surface area contributed by atoms with Gasteiger partial charge in [0.1, 0.15) is 11.3 Å². The van der Waals surface area contributed by atoms with E-state index in [-0.39, 0.29) is 12.5 Å². The maximum atomic E-state index is 11.8. The molecule has 78 valence electrons. The van der Waals surface area contributed by atoms with Gasteiger partial charge in [0.25, 0.3) is 5.91 Å². The van der Waals surface area contributed by atoms with E-state index in [1.54, 1.807) is 20.9 Å². The molecule has 1 aromatic heterocycles. The van der Waals surface area contributed by atoms with E-state index in [1.165, 1.54) is 4.90 Å². The molecule has 0 fully saturated rings. The Morgan fingerprint density at radius 3 is 2.64 bits per heavy atom. The molecule has 1 heterocycles. The van der Waals surface area contributed by atoms with E-state index in [2.05, 4.69) is 5.16 Å². The number of carbonyl (C=O) groups is 1. The van der Waals surface area contributed by atoms with Crippen LogP contribution in [0.5, 0.6) is 0 Å². The van der Waals surface area contributed by atoms with Crippen LogP contribution >= 0.6 is 0 Å². The molecule has 1 amide bonds. The van der Waals surface area contributed by atoms with E-state index in [4.69, 9.17) is 9.63 Å². The summed E-state index contributed by atoms with van der Waals surface area (Å²) >= 11 is 0. The lowest BCUT2D eigenvalue weighted by Crippen LogP contribution is -2.30. The highest BCUT2D eigenvalue weighted by atomic mass is 16.5. The van der Waals surface area contributed by atoms with Crippen LogP contribution in [0, 0.1) is 13.8 Å². The summed E-state index contributed by atoms with van der Waals surface area (Å²) in [4.78, 5) is 13.2. The SMILES string of the molecule is Cc1noc(C)c1C(=O)N(C)CCO. The Balaban J connectivity index is 2.88. The maximum absolute atomic E-state index is 11.8. The summed E-state index contributed by atoms with van der Waals surface area (Å²) in [6.45, 7) is 3.67. The van der Waals surface area contributed by atoms with Crippen LogP contribution in [0.25, 0.3) is 0 Å². The van der Waals surface area contributed by atoms with Crippen LogP contribution in [0.1, 0.15) is 21.8 Å². The minimum atomic E-state index is -0.171. The molecule has 0 spiro atoms. The molecule has 0 radical (unpaired) electrons. The number of likely N-dealkylation sites (N-methyl/N-ethyl adjacent to an activating group) is 1. The summed E-state index contributed by atoms with van der Waals surface area (Å²) in [5, 5.41) is 12.4. The summed E-state index contributed by atoms with van der Waals surface area (Å²) < 4.78 is 4.88. The summed E-state index contributed by atoms with van der Waals surface area (Å²) in [6.07, 6.45) is 0. The normalized spacial score (nSPS) is 10.3. The number of amides is 1. The molecular weight excluding hydrogens is 184 g/mol. The fraction of sp³-hybridized carbons (Fsp3) is 0.556. The standard InChI is InChI=1S/C9H14N2O3/c1-6-8(7(2)14-10-6)9(13)11(3)4-5-12/h12H,4-5H2,1-3H3. The van der Waals surface area contributed by atoms with Crippen LogP contribution in [0.3, 0.4) is 0 Å². The molecule has 0 saturated heterocycles. The second-order valence-electron chi connectivity index (χ2n) is 3.15. The summed E-state index contributed by atoms with van der Waals surface area (Å²) in [5.74, 6) is 0.340. The highest BCUT2D eigenvalue weighted by molar-refractivity contribution is 5.95. The zero-order chi connectivity index (χ0) is 10.7. The lowest BCUT2D eigenvalue weighted by atomic mass is 10.2. The van der Waals surface area contributed by atoms with Crippen molar-refractivity contribution in [3.8, 4) is 0 Å². The molecule has 0 aliphatic heterocycles. The van der Waals surface area contributed by atoms with Gasteiger partial charge in [-0.25, -0.2) is 0 Å². The zero-order valence-electron chi connectivity index (χ0n) is 8.57. The highest BCUT2D eigenvalue weighted by Gasteiger charge is 2.20. The third-order valence-electron chi connectivity index (χ3n) is 2.03. The molecule has 0 atom stereocenters. The molecule has 1 rings (SSSR count). The number of hydrogen-bond acceptors (Lipinski definition) is 4. The molecule has 0 aliphatic carbocycles. The van der Waals surface area contributed by atoms with E-state index in [9.17, 15) is 4.79 Å². The fourth-order valence-corrected chi connectivity index (χ4v) is 1.23. The summed E-state index contributed by atoms with van der Waals surface area (Å²) in [5.41, 5.74) is 1.07. The average molecular weight is 198 g/mol. The lowest BCUT2D eigenvalue weighted by Gasteiger charge is -2.14. The topological polar surface area (TPSA) is 66.6 Å². The minimum Gasteiger partial charge on any atom is -0.395 e. The molecule has 0 bridgehead atoms. The van der Waals surface area contributed by atoms with Crippen LogP contribution in [-0.4, -0.2) is 41.3 Å². The van der Waals surface area contributed by atoms with Gasteiger partial charge in [0.15, 0.2) is 0 Å². The van der Waals surface area contributed by atoms with E-state index in [1.807, 2.05) is 0 Å². The van der Waals surface area contributed by atoms with Gasteiger partial charge in [-0.05, 0) is 13.8 Å². The van der Waals surface area contributed by atoms with Crippen molar-refractivity contribution in [2.75, 3.05) is 20.2 Å². The summed E-state index contributed by atoms with van der Waals surface area (Å²) in [6, 6.07) is 0. The molecule has 0 aliphatic rings. The highest BCUT2D eigenvalue weighted by Crippen LogP contribution is 2.13. The second-order valence-corrected chi connectivity index (χ2v) is 3.15. The number of aromatic nitrogens is 1. The van der Waals surface area contributed by atoms with Crippen LogP contribution in [0.15, 0.2) is 4.52 Å². The lowest BCUT2D eigenvalue weighted by molar-refractivity contribution is 0.0764. The Morgan fingerprint density at radius 2 is 2.21 bits per heavy atom. The van der Waals surface area contributed by atoms with Gasteiger partial charge in [-0.1, -0.05) is 5.16 Å². The van der Waals surface area contributed by atoms with Crippen molar-refractivity contribution in [3.05, 3.63) is 17.0 Å². The molecule has 1 N–H and O–H groups in total. The summed E-state index contributed by atoms with van der Waals surface area (Å²) in [7, 11) is 1.63. The van der Waals surface area contributed by atoms with Gasteiger partial charge in [-0.15, -0.1) is 0 Å². The predicted octanol–water partition coefficient (Wildman–Crippen LogP) is 0.356. The van der Waals surface area contributed by atoms with Gasteiger partial charge in [0, 0.05) is 13.6 Å². The van der Waals surface area contributed by atoms with Crippen LogP contribution < -0.4 is 0 Å². The Bertz CT molecular complexity index is 313. The van der Waals surface area contributed by atoms with E-state index >= 15 is 0 Å². The number of hydrogen-bond donors (Lipinski definition) is 1. The molecular formula is C9H14N2O3. The largest absolute Gasteiger partial charge is 0.395 e. The van der Waals surface area contributed by atoms with Crippen molar-refractivity contribution in [3.63, 3.8) is 0 Å². The van der Waals surface area contributed by atoms with Crippen molar-refractivity contribution in [2.24, 2.45) is 0 Å². The smallest absolute Gasteiger partial charge is 0.259 e. The average Bonchev–Trinajstić information content (AvgIpc) is 2.46. The van der Waals surface area contributed by atoms with Crippen LogP contribution in [0.4, 0.5) is 0 Å². The quantitative estimate of drug-likeness (QED) is 0.761. The van der Waals surface area contributed by atoms with Crippen LogP contribution in [0.2, 0.25) is 0 Å². The Morgan fingerprint density at radius 1 is 1.57 bits per heavy atom. The first-order valence-corrected chi connectivity index (χ1v) is 4.37. The van der Waals surface area contributed by atoms with Gasteiger partial charge in [-0.3, -0.25) is 4.79 Å². The Hall–Kier alpha value is -1.36. The first kappa shape index (κ1) is 10.7. The predicted molar refractivity (Wildman–Crippen MR) is 50.0 cm³/mol. The number of aliphatic hydroxyl groups excluding tert-OH is 1. The number of carbonyl (C=O) groups excluding carboxylic acids is 1. The molecule has 0 unspecified atom stereocenters. The number of aryl methyl sites for hydroxylation is 2. The number of aliphatic hydroxyl groups is 1. The van der Waals surface area contributed by atoms with Gasteiger partial charge < -0.3 is 14.5 Å². The van der Waals surface area contributed by atoms with Gasteiger partial charge >= 0.3 is 0 Å². The molecule has 0 saturated carbocycles. The van der Waals surface area contributed by atoms with Crippen molar-refractivity contribution in [1.29, 1.82) is 0 Å². The Kier molecular flexibility index (Phi) is 3.24. The Labute approximate surface area is 82.3 Å². The van der Waals surface area contributed by atoms with E-state index in [0.717, 1.165) is 0 Å². The first-order valence-electron chi connectivity index (χ1n) is 4.37. The maximum Gasteiger partial charge on any atom is 0.259 e. The monoisotopic (exact) mass is 198 g/mol. The fourth-order valence-electron chi connectivity index (χ4n) is 1.23. The van der Waals surface area contributed by atoms with Crippen LogP contribution in [-0.2, 0) is 0 Å². The molecule has 0 aromatic carbocycles.